The molecule has 3 aromatic rings. The number of carbonyl (C=O) groups is 1. The number of hydrogen-bond acceptors (Lipinski definition) is 5. The van der Waals surface area contributed by atoms with E-state index in [2.05, 4.69) is 15.5 Å². The molecular formula is C21H19ClFN3O3. The lowest BCUT2D eigenvalue weighted by Gasteiger charge is -2.09. The van der Waals surface area contributed by atoms with Gasteiger partial charge in [-0.25, -0.2) is 4.39 Å². The highest BCUT2D eigenvalue weighted by Crippen LogP contribution is 2.21. The molecule has 29 heavy (non-hydrogen) atoms. The second kappa shape index (κ2) is 9.84. The lowest BCUT2D eigenvalue weighted by molar-refractivity contribution is -0.120. The first-order valence-electron chi connectivity index (χ1n) is 8.87. The van der Waals surface area contributed by atoms with Crippen LogP contribution in [0.1, 0.15) is 5.56 Å². The van der Waals surface area contributed by atoms with Gasteiger partial charge in [0.1, 0.15) is 18.2 Å². The van der Waals surface area contributed by atoms with Gasteiger partial charge in [-0.15, -0.1) is 10.2 Å². The molecule has 6 nitrogen and oxygen atoms in total. The molecule has 0 bridgehead atoms. The first-order chi connectivity index (χ1) is 14.1. The van der Waals surface area contributed by atoms with Gasteiger partial charge in [-0.2, -0.15) is 0 Å². The average Bonchev–Trinajstić information content (AvgIpc) is 2.74. The average molecular weight is 416 g/mol. The first-order valence-corrected chi connectivity index (χ1v) is 9.25. The van der Waals surface area contributed by atoms with Crippen LogP contribution in [0.25, 0.3) is 11.3 Å². The number of rotatable bonds is 8. The summed E-state index contributed by atoms with van der Waals surface area (Å²) < 4.78 is 24.3. The second-order valence-corrected chi connectivity index (χ2v) is 6.47. The van der Waals surface area contributed by atoms with Crippen molar-refractivity contribution in [1.82, 2.24) is 15.5 Å². The Bertz CT molecular complexity index is 946. The summed E-state index contributed by atoms with van der Waals surface area (Å²) in [5, 5.41) is 11.0. The number of ether oxygens (including phenoxy) is 2. The van der Waals surface area contributed by atoms with Crippen LogP contribution in [0.15, 0.2) is 54.6 Å². The highest BCUT2D eigenvalue weighted by molar-refractivity contribution is 6.31. The van der Waals surface area contributed by atoms with Crippen LogP contribution in [-0.4, -0.2) is 36.4 Å². The second-order valence-electron chi connectivity index (χ2n) is 6.06. The van der Waals surface area contributed by atoms with Crippen molar-refractivity contribution < 1.29 is 18.7 Å². The van der Waals surface area contributed by atoms with Gasteiger partial charge in [0.2, 0.25) is 11.8 Å². The van der Waals surface area contributed by atoms with E-state index in [1.165, 1.54) is 12.1 Å². The molecule has 1 aromatic heterocycles. The normalized spacial score (nSPS) is 10.4. The van der Waals surface area contributed by atoms with Crippen molar-refractivity contribution in [2.45, 2.75) is 6.42 Å². The van der Waals surface area contributed by atoms with Gasteiger partial charge in [-0.1, -0.05) is 17.7 Å². The molecule has 1 N–H and O–H groups in total. The Morgan fingerprint density at radius 3 is 2.55 bits per heavy atom. The van der Waals surface area contributed by atoms with E-state index in [0.29, 0.717) is 11.6 Å². The van der Waals surface area contributed by atoms with Gasteiger partial charge in [0.25, 0.3) is 0 Å². The highest BCUT2D eigenvalue weighted by atomic mass is 35.5. The zero-order valence-electron chi connectivity index (χ0n) is 15.7. The third-order valence-electron chi connectivity index (χ3n) is 4.10. The van der Waals surface area contributed by atoms with Crippen LogP contribution in [0.4, 0.5) is 4.39 Å². The molecule has 0 saturated carbocycles. The summed E-state index contributed by atoms with van der Waals surface area (Å²) in [5.41, 5.74) is 1.78. The van der Waals surface area contributed by atoms with Gasteiger partial charge < -0.3 is 14.8 Å². The Kier molecular flexibility index (Phi) is 6.97. The van der Waals surface area contributed by atoms with Crippen molar-refractivity contribution in [3.63, 3.8) is 0 Å². The van der Waals surface area contributed by atoms with Crippen molar-refractivity contribution >= 4 is 17.5 Å². The van der Waals surface area contributed by atoms with Gasteiger partial charge in [-0.05, 0) is 42.5 Å². The number of nitrogens with one attached hydrogen (secondary N) is 1. The topological polar surface area (TPSA) is 73.3 Å². The van der Waals surface area contributed by atoms with Crippen molar-refractivity contribution in [2.75, 3.05) is 20.3 Å². The Morgan fingerprint density at radius 2 is 1.90 bits per heavy atom. The standard InChI is InChI=1S/C21H19ClFN3O3/c1-28-15-7-5-14(6-8-15)19-9-10-21(26-25-19)29-12-11-24-20(27)13-16-17(22)3-2-4-18(16)23/h2-10H,11-13H2,1H3,(H,24,27). The van der Waals surface area contributed by atoms with Crippen LogP contribution in [0.3, 0.4) is 0 Å². The van der Waals surface area contributed by atoms with Crippen LogP contribution >= 0.6 is 11.6 Å². The number of methoxy groups -OCH3 is 1. The number of halogens is 2. The lowest BCUT2D eigenvalue weighted by Crippen LogP contribution is -2.29. The maximum atomic E-state index is 13.7. The summed E-state index contributed by atoms with van der Waals surface area (Å²) in [4.78, 5) is 11.9. The van der Waals surface area contributed by atoms with E-state index in [-0.39, 0.29) is 36.1 Å². The highest BCUT2D eigenvalue weighted by Gasteiger charge is 2.11. The molecule has 0 atom stereocenters. The van der Waals surface area contributed by atoms with Gasteiger partial charge in [0.05, 0.1) is 25.8 Å². The molecular weight excluding hydrogens is 397 g/mol. The molecule has 0 saturated heterocycles. The van der Waals surface area contributed by atoms with E-state index in [9.17, 15) is 9.18 Å². The number of hydrogen-bond donors (Lipinski definition) is 1. The minimum atomic E-state index is -0.504. The Balaban J connectivity index is 1.45. The molecule has 3 rings (SSSR count). The van der Waals surface area contributed by atoms with Crippen molar-refractivity contribution in [3.05, 3.63) is 71.0 Å². The van der Waals surface area contributed by atoms with Crippen LogP contribution in [0.5, 0.6) is 11.6 Å². The van der Waals surface area contributed by atoms with Crippen LogP contribution < -0.4 is 14.8 Å². The fourth-order valence-electron chi connectivity index (χ4n) is 2.58. The number of amides is 1. The van der Waals surface area contributed by atoms with Crippen LogP contribution in [0.2, 0.25) is 5.02 Å². The van der Waals surface area contributed by atoms with Gasteiger partial charge in [0.15, 0.2) is 0 Å². The predicted molar refractivity (Wildman–Crippen MR) is 108 cm³/mol. The molecule has 1 amide bonds. The van der Waals surface area contributed by atoms with Gasteiger partial charge >= 0.3 is 0 Å². The zero-order chi connectivity index (χ0) is 20.6. The monoisotopic (exact) mass is 415 g/mol. The van der Waals surface area contributed by atoms with E-state index in [0.717, 1.165) is 11.3 Å². The Labute approximate surface area is 172 Å². The van der Waals surface area contributed by atoms with E-state index in [1.807, 2.05) is 24.3 Å². The summed E-state index contributed by atoms with van der Waals surface area (Å²) in [6.45, 7) is 0.445. The molecule has 0 aliphatic rings. The SMILES string of the molecule is COc1ccc(-c2ccc(OCCNC(=O)Cc3c(F)cccc3Cl)nn2)cc1. The smallest absolute Gasteiger partial charge is 0.233 e. The predicted octanol–water partition coefficient (Wildman–Crippen LogP) is 3.68. The maximum absolute atomic E-state index is 13.7. The molecule has 0 fully saturated rings. The van der Waals surface area contributed by atoms with Gasteiger partial charge in [0, 0.05) is 22.2 Å². The fourth-order valence-corrected chi connectivity index (χ4v) is 2.81. The zero-order valence-corrected chi connectivity index (χ0v) is 16.4. The fraction of sp³-hybridized carbons (Fsp3) is 0.190. The number of nitrogens with zero attached hydrogens (tertiary/aromatic N) is 2. The molecule has 1 heterocycles. The van der Waals surface area contributed by atoms with E-state index >= 15 is 0 Å². The van der Waals surface area contributed by atoms with E-state index in [4.69, 9.17) is 21.1 Å². The number of carbonyl (C=O) groups excluding carboxylic acids is 1. The Morgan fingerprint density at radius 1 is 1.10 bits per heavy atom. The van der Waals surface area contributed by atoms with Crippen molar-refractivity contribution in [2.24, 2.45) is 0 Å². The summed E-state index contributed by atoms with van der Waals surface area (Å²) >= 11 is 5.92. The summed E-state index contributed by atoms with van der Waals surface area (Å²) in [5.74, 6) is 0.257. The van der Waals surface area contributed by atoms with Crippen molar-refractivity contribution in [3.8, 4) is 22.9 Å². The third kappa shape index (κ3) is 5.65. The Hall–Kier alpha value is -3.19. The van der Waals surface area contributed by atoms with E-state index in [1.54, 1.807) is 25.3 Å². The molecule has 150 valence electrons. The lowest BCUT2D eigenvalue weighted by atomic mass is 10.1. The maximum Gasteiger partial charge on any atom is 0.233 e. The molecule has 0 aliphatic heterocycles. The first kappa shape index (κ1) is 20.5. The van der Waals surface area contributed by atoms with Crippen LogP contribution in [0, 0.1) is 5.82 Å². The molecule has 8 heteroatoms. The number of benzene rings is 2. The van der Waals surface area contributed by atoms with Gasteiger partial charge in [-0.3, -0.25) is 4.79 Å². The van der Waals surface area contributed by atoms with E-state index < -0.39 is 5.82 Å². The molecule has 0 aliphatic carbocycles. The summed E-state index contributed by atoms with van der Waals surface area (Å²) in [6, 6.07) is 15.3. The minimum Gasteiger partial charge on any atom is -0.497 e. The number of aromatic nitrogens is 2. The molecule has 0 spiro atoms. The summed E-state index contributed by atoms with van der Waals surface area (Å²) in [7, 11) is 1.61. The largest absolute Gasteiger partial charge is 0.497 e. The molecule has 0 radical (unpaired) electrons. The molecule has 2 aromatic carbocycles. The third-order valence-corrected chi connectivity index (χ3v) is 4.45. The molecule has 0 unspecified atom stereocenters. The summed E-state index contributed by atoms with van der Waals surface area (Å²) in [6.07, 6.45) is -0.137. The van der Waals surface area contributed by atoms with Crippen LogP contribution in [-0.2, 0) is 11.2 Å². The van der Waals surface area contributed by atoms with Crippen molar-refractivity contribution in [1.29, 1.82) is 0 Å². The quantitative estimate of drug-likeness (QED) is 0.568. The minimum absolute atomic E-state index is 0.137.